The second-order valence-electron chi connectivity index (χ2n) is 3.36. The third kappa shape index (κ3) is 1.86. The van der Waals surface area contributed by atoms with E-state index >= 15 is 0 Å². The molecule has 1 aliphatic rings. The molecule has 0 aromatic heterocycles. The maximum atomic E-state index is 3.10. The minimum atomic E-state index is 1.18. The molecule has 12 heavy (non-hydrogen) atoms. The molecule has 1 nitrogen and oxygen atoms in total. The van der Waals surface area contributed by atoms with Crippen LogP contribution in [0.2, 0.25) is 0 Å². The van der Waals surface area contributed by atoms with Gasteiger partial charge in [-0.25, -0.2) is 0 Å². The number of likely N-dealkylation sites (tertiary alicyclic amines) is 1. The van der Waals surface area contributed by atoms with E-state index in [0.29, 0.717) is 0 Å². The van der Waals surface area contributed by atoms with Crippen molar-refractivity contribution < 1.29 is 0 Å². The monoisotopic (exact) mass is 160 g/mol. The Hall–Kier alpha value is -0.820. The third-order valence-electron chi connectivity index (χ3n) is 2.44. The van der Waals surface area contributed by atoms with Crippen molar-refractivity contribution in [3.05, 3.63) is 35.9 Å². The predicted molar refractivity (Wildman–Crippen MR) is 50.0 cm³/mol. The average Bonchev–Trinajstić information content (AvgIpc) is 2.04. The van der Waals surface area contributed by atoms with Crippen molar-refractivity contribution >= 4 is 0 Å². The van der Waals surface area contributed by atoms with E-state index < -0.39 is 0 Å². The maximum Gasteiger partial charge on any atom is 0.00218 e. The average molecular weight is 160 g/mol. The smallest absolute Gasteiger partial charge is 0.00218 e. The van der Waals surface area contributed by atoms with E-state index in [-0.39, 0.29) is 0 Å². The number of benzene rings is 1. The highest BCUT2D eigenvalue weighted by Gasteiger charge is 2.12. The lowest BCUT2D eigenvalue weighted by Gasteiger charge is -2.30. The highest BCUT2D eigenvalue weighted by atomic mass is 15.2. The van der Waals surface area contributed by atoms with Gasteiger partial charge in [0, 0.05) is 6.54 Å². The van der Waals surface area contributed by atoms with Gasteiger partial charge in [0.25, 0.3) is 0 Å². The van der Waals surface area contributed by atoms with Crippen LogP contribution in [-0.4, -0.2) is 24.5 Å². The van der Waals surface area contributed by atoms with Crippen LogP contribution >= 0.6 is 0 Å². The molecule has 63 valence electrons. The molecule has 0 bridgehead atoms. The molecule has 0 aliphatic carbocycles. The Morgan fingerprint density at radius 1 is 1.42 bits per heavy atom. The van der Waals surface area contributed by atoms with Crippen LogP contribution in [0.1, 0.15) is 12.0 Å². The van der Waals surface area contributed by atoms with Gasteiger partial charge >= 0.3 is 0 Å². The standard InChI is InChI=1S/C11H14N/c1-2-5-11(6-3-1)7-10-12-8-4-9-12/h1-2,5-6H,4,7-10H2. The minimum Gasteiger partial charge on any atom is -0.303 e. The Kier molecular flexibility index (Phi) is 2.42. The van der Waals surface area contributed by atoms with Gasteiger partial charge in [0.2, 0.25) is 0 Å². The largest absolute Gasteiger partial charge is 0.303 e. The van der Waals surface area contributed by atoms with E-state index in [0.717, 1.165) is 0 Å². The van der Waals surface area contributed by atoms with Gasteiger partial charge in [0.05, 0.1) is 0 Å². The van der Waals surface area contributed by atoms with Gasteiger partial charge in [-0.2, -0.15) is 0 Å². The van der Waals surface area contributed by atoms with Crippen molar-refractivity contribution in [2.45, 2.75) is 12.8 Å². The molecule has 0 unspecified atom stereocenters. The fourth-order valence-corrected chi connectivity index (χ4v) is 1.48. The SMILES string of the molecule is [c]1cccc(CCN2CCC2)c1. The minimum absolute atomic E-state index is 1.18. The molecule has 0 spiro atoms. The van der Waals surface area contributed by atoms with Crippen LogP contribution in [0.4, 0.5) is 0 Å². The number of rotatable bonds is 3. The van der Waals surface area contributed by atoms with Gasteiger partial charge in [-0.1, -0.05) is 24.3 Å². The zero-order chi connectivity index (χ0) is 8.23. The Morgan fingerprint density at radius 3 is 2.92 bits per heavy atom. The quantitative estimate of drug-likeness (QED) is 0.651. The van der Waals surface area contributed by atoms with Crippen LogP contribution in [0.25, 0.3) is 0 Å². The number of hydrogen-bond donors (Lipinski definition) is 0. The molecular weight excluding hydrogens is 146 g/mol. The summed E-state index contributed by atoms with van der Waals surface area (Å²) in [5.74, 6) is 0. The molecule has 1 aromatic rings. The summed E-state index contributed by atoms with van der Waals surface area (Å²) in [7, 11) is 0. The summed E-state index contributed by atoms with van der Waals surface area (Å²) in [6, 6.07) is 11.4. The van der Waals surface area contributed by atoms with E-state index in [1.807, 2.05) is 6.07 Å². The predicted octanol–water partition coefficient (Wildman–Crippen LogP) is 1.73. The fraction of sp³-hybridized carbons (Fsp3) is 0.455. The van der Waals surface area contributed by atoms with Gasteiger partial charge in [-0.3, -0.25) is 0 Å². The number of nitrogens with zero attached hydrogens (tertiary/aromatic N) is 1. The summed E-state index contributed by atoms with van der Waals surface area (Å²) in [5, 5.41) is 0. The van der Waals surface area contributed by atoms with Crippen molar-refractivity contribution in [3.63, 3.8) is 0 Å². The van der Waals surface area contributed by atoms with Crippen LogP contribution in [0, 0.1) is 6.07 Å². The van der Waals surface area contributed by atoms with Gasteiger partial charge in [0.15, 0.2) is 0 Å². The second-order valence-corrected chi connectivity index (χ2v) is 3.36. The highest BCUT2D eigenvalue weighted by molar-refractivity contribution is 5.13. The molecule has 1 aliphatic heterocycles. The summed E-state index contributed by atoms with van der Waals surface area (Å²) < 4.78 is 0. The van der Waals surface area contributed by atoms with Gasteiger partial charge in [-0.05, 0) is 37.6 Å². The highest BCUT2D eigenvalue weighted by Crippen LogP contribution is 2.07. The molecule has 1 heterocycles. The Balaban J connectivity index is 1.79. The lowest BCUT2D eigenvalue weighted by Crippen LogP contribution is -2.38. The molecule has 0 atom stereocenters. The van der Waals surface area contributed by atoms with Crippen molar-refractivity contribution in [2.75, 3.05) is 19.6 Å². The fourth-order valence-electron chi connectivity index (χ4n) is 1.48. The van der Waals surface area contributed by atoms with Crippen molar-refractivity contribution in [2.24, 2.45) is 0 Å². The Bertz CT molecular complexity index is 226. The van der Waals surface area contributed by atoms with Crippen LogP contribution in [0.3, 0.4) is 0 Å². The normalized spacial score (nSPS) is 17.3. The van der Waals surface area contributed by atoms with E-state index in [2.05, 4.69) is 29.2 Å². The van der Waals surface area contributed by atoms with Crippen molar-refractivity contribution in [1.29, 1.82) is 0 Å². The lowest BCUT2D eigenvalue weighted by molar-refractivity contribution is 0.184. The lowest BCUT2D eigenvalue weighted by atomic mass is 10.1. The Morgan fingerprint density at radius 2 is 2.33 bits per heavy atom. The van der Waals surface area contributed by atoms with Crippen LogP contribution in [0.5, 0.6) is 0 Å². The second kappa shape index (κ2) is 3.72. The zero-order valence-electron chi connectivity index (χ0n) is 7.29. The van der Waals surface area contributed by atoms with Gasteiger partial charge in [-0.15, -0.1) is 0 Å². The third-order valence-corrected chi connectivity index (χ3v) is 2.44. The molecule has 1 aromatic carbocycles. The molecule has 0 amide bonds. The van der Waals surface area contributed by atoms with E-state index in [1.54, 1.807) is 0 Å². The van der Waals surface area contributed by atoms with Crippen molar-refractivity contribution in [1.82, 2.24) is 4.90 Å². The molecule has 0 saturated carbocycles. The first-order chi connectivity index (χ1) is 5.95. The molecule has 1 heteroatoms. The first-order valence-corrected chi connectivity index (χ1v) is 4.62. The van der Waals surface area contributed by atoms with E-state index in [9.17, 15) is 0 Å². The molecule has 1 saturated heterocycles. The molecular formula is C11H14N. The summed E-state index contributed by atoms with van der Waals surface area (Å²) >= 11 is 0. The van der Waals surface area contributed by atoms with Crippen LogP contribution in [-0.2, 0) is 6.42 Å². The molecule has 1 fully saturated rings. The molecule has 1 radical (unpaired) electrons. The van der Waals surface area contributed by atoms with Gasteiger partial charge < -0.3 is 4.90 Å². The Labute approximate surface area is 74.0 Å². The van der Waals surface area contributed by atoms with Gasteiger partial charge in [0.1, 0.15) is 0 Å². The summed E-state index contributed by atoms with van der Waals surface area (Å²) in [4.78, 5) is 2.49. The van der Waals surface area contributed by atoms with Crippen LogP contribution < -0.4 is 0 Å². The molecule has 0 N–H and O–H groups in total. The molecule has 2 rings (SSSR count). The zero-order valence-corrected chi connectivity index (χ0v) is 7.29. The van der Waals surface area contributed by atoms with Crippen LogP contribution in [0.15, 0.2) is 24.3 Å². The first-order valence-electron chi connectivity index (χ1n) is 4.62. The van der Waals surface area contributed by atoms with Crippen molar-refractivity contribution in [3.8, 4) is 0 Å². The number of hydrogen-bond acceptors (Lipinski definition) is 1. The summed E-state index contributed by atoms with van der Waals surface area (Å²) in [5.41, 5.74) is 1.41. The topological polar surface area (TPSA) is 3.24 Å². The summed E-state index contributed by atoms with van der Waals surface area (Å²) in [6.45, 7) is 3.82. The van der Waals surface area contributed by atoms with E-state index in [1.165, 1.54) is 38.0 Å². The van der Waals surface area contributed by atoms with E-state index in [4.69, 9.17) is 0 Å². The maximum absolute atomic E-state index is 3.10. The summed E-state index contributed by atoms with van der Waals surface area (Å²) in [6.07, 6.45) is 2.57. The first kappa shape index (κ1) is 7.81.